The summed E-state index contributed by atoms with van der Waals surface area (Å²) in [6.07, 6.45) is 1.01. The third-order valence-corrected chi connectivity index (χ3v) is 3.42. The van der Waals surface area contributed by atoms with E-state index in [1.165, 1.54) is 11.3 Å². The predicted octanol–water partition coefficient (Wildman–Crippen LogP) is 1.86. The second kappa shape index (κ2) is 8.06. The number of carbonyl (C=O) groups excluding carboxylic acids is 1. The van der Waals surface area contributed by atoms with Gasteiger partial charge in [0, 0.05) is 26.2 Å². The fourth-order valence-electron chi connectivity index (χ4n) is 1.52. The number of amides is 1. The highest BCUT2D eigenvalue weighted by molar-refractivity contribution is 7.17. The summed E-state index contributed by atoms with van der Waals surface area (Å²) in [6.45, 7) is 7.94. The van der Waals surface area contributed by atoms with Crippen LogP contribution in [0.2, 0.25) is 0 Å². The lowest BCUT2D eigenvalue weighted by molar-refractivity contribution is 0.0634. The zero-order valence-corrected chi connectivity index (χ0v) is 12.8. The van der Waals surface area contributed by atoms with Crippen molar-refractivity contribution in [3.63, 3.8) is 0 Å². The van der Waals surface area contributed by atoms with Crippen LogP contribution in [0.5, 0.6) is 0 Å². The molecule has 6 nitrogen and oxygen atoms in total. The van der Waals surface area contributed by atoms with Gasteiger partial charge in [-0.2, -0.15) is 0 Å². The maximum Gasteiger partial charge on any atom is 0.285 e. The van der Waals surface area contributed by atoms with Crippen molar-refractivity contribution in [1.82, 2.24) is 15.1 Å². The van der Waals surface area contributed by atoms with Crippen molar-refractivity contribution in [3.8, 4) is 0 Å². The van der Waals surface area contributed by atoms with E-state index < -0.39 is 0 Å². The number of methoxy groups -OCH3 is 1. The van der Waals surface area contributed by atoms with Crippen LogP contribution in [0.15, 0.2) is 0 Å². The van der Waals surface area contributed by atoms with Crippen molar-refractivity contribution in [1.29, 1.82) is 0 Å². The summed E-state index contributed by atoms with van der Waals surface area (Å²) in [5.41, 5.74) is 0. The van der Waals surface area contributed by atoms with Gasteiger partial charge in [0.1, 0.15) is 0 Å². The fraction of sp³-hybridized carbons (Fsp3) is 0.750. The number of hydrogen-bond donors (Lipinski definition) is 1. The number of ether oxygens (including phenoxy) is 1. The summed E-state index contributed by atoms with van der Waals surface area (Å²) < 4.78 is 5.03. The van der Waals surface area contributed by atoms with Gasteiger partial charge in [-0.15, -0.1) is 10.2 Å². The number of nitrogens with one attached hydrogen (secondary N) is 1. The maximum atomic E-state index is 12.3. The van der Waals surface area contributed by atoms with Crippen LogP contribution in [-0.2, 0) is 4.74 Å². The number of hydrogen-bond acceptors (Lipinski definition) is 6. The van der Waals surface area contributed by atoms with Crippen LogP contribution in [0.1, 0.15) is 37.0 Å². The summed E-state index contributed by atoms with van der Waals surface area (Å²) in [7, 11) is 1.63. The van der Waals surface area contributed by atoms with Gasteiger partial charge in [-0.05, 0) is 20.3 Å². The third kappa shape index (κ3) is 4.76. The van der Waals surface area contributed by atoms with Crippen LogP contribution in [0, 0.1) is 0 Å². The van der Waals surface area contributed by atoms with Gasteiger partial charge in [0.15, 0.2) is 0 Å². The van der Waals surface area contributed by atoms with Crippen molar-refractivity contribution >= 4 is 22.4 Å². The van der Waals surface area contributed by atoms with Crippen molar-refractivity contribution in [2.75, 3.05) is 32.1 Å². The van der Waals surface area contributed by atoms with Crippen LogP contribution in [-0.4, -0.2) is 53.9 Å². The minimum atomic E-state index is -0.0888. The number of nitrogens with zero attached hydrogens (tertiary/aromatic N) is 3. The van der Waals surface area contributed by atoms with Gasteiger partial charge in [-0.25, -0.2) is 0 Å². The van der Waals surface area contributed by atoms with Crippen molar-refractivity contribution in [3.05, 3.63) is 5.01 Å². The second-order valence-electron chi connectivity index (χ2n) is 4.42. The van der Waals surface area contributed by atoms with Crippen LogP contribution in [0.4, 0.5) is 5.13 Å². The Kier molecular flexibility index (Phi) is 6.72. The number of rotatable bonds is 8. The van der Waals surface area contributed by atoms with E-state index >= 15 is 0 Å². The standard InChI is InChI=1S/C12H22N4O2S/c1-5-6-13-12-15-14-10(19-12)11(17)16(9(2)3)7-8-18-4/h9H,5-8H2,1-4H3,(H,13,15). The van der Waals surface area contributed by atoms with E-state index in [2.05, 4.69) is 22.4 Å². The predicted molar refractivity (Wildman–Crippen MR) is 76.7 cm³/mol. The third-order valence-electron chi connectivity index (χ3n) is 2.55. The van der Waals surface area contributed by atoms with E-state index in [4.69, 9.17) is 4.74 Å². The Labute approximate surface area is 118 Å². The highest BCUT2D eigenvalue weighted by Crippen LogP contribution is 2.17. The molecule has 0 aliphatic carbocycles. The van der Waals surface area contributed by atoms with Gasteiger partial charge >= 0.3 is 0 Å². The van der Waals surface area contributed by atoms with Gasteiger partial charge < -0.3 is 15.0 Å². The van der Waals surface area contributed by atoms with Gasteiger partial charge in [0.25, 0.3) is 5.91 Å². The van der Waals surface area contributed by atoms with E-state index in [1.807, 2.05) is 13.8 Å². The van der Waals surface area contributed by atoms with Gasteiger partial charge in [-0.1, -0.05) is 18.3 Å². The van der Waals surface area contributed by atoms with E-state index in [0.717, 1.165) is 13.0 Å². The summed E-state index contributed by atoms with van der Waals surface area (Å²) in [5, 5.41) is 12.2. The smallest absolute Gasteiger partial charge is 0.285 e. The Hall–Kier alpha value is -1.21. The lowest BCUT2D eigenvalue weighted by Crippen LogP contribution is -2.39. The molecular formula is C12H22N4O2S. The van der Waals surface area contributed by atoms with Crippen LogP contribution in [0.25, 0.3) is 0 Å². The molecule has 7 heteroatoms. The van der Waals surface area contributed by atoms with Crippen LogP contribution in [0.3, 0.4) is 0 Å². The first kappa shape index (κ1) is 15.8. The summed E-state index contributed by atoms with van der Waals surface area (Å²) in [4.78, 5) is 14.1. The largest absolute Gasteiger partial charge is 0.383 e. The normalized spacial score (nSPS) is 10.8. The van der Waals surface area contributed by atoms with Crippen LogP contribution < -0.4 is 5.32 Å². The highest BCUT2D eigenvalue weighted by atomic mass is 32.1. The highest BCUT2D eigenvalue weighted by Gasteiger charge is 2.22. The summed E-state index contributed by atoms with van der Waals surface area (Å²) in [5.74, 6) is -0.0888. The molecule has 0 saturated carbocycles. The average Bonchev–Trinajstić information content (AvgIpc) is 2.85. The molecule has 0 spiro atoms. The molecule has 0 saturated heterocycles. The molecule has 19 heavy (non-hydrogen) atoms. The Morgan fingerprint density at radius 2 is 2.21 bits per heavy atom. The molecule has 1 aromatic rings. The molecule has 1 rings (SSSR count). The molecule has 0 aliphatic heterocycles. The molecule has 1 amide bonds. The number of anilines is 1. The van der Waals surface area contributed by atoms with E-state index in [9.17, 15) is 4.79 Å². The molecule has 1 N–H and O–H groups in total. The quantitative estimate of drug-likeness (QED) is 0.790. The molecule has 1 aromatic heterocycles. The fourth-order valence-corrected chi connectivity index (χ4v) is 2.24. The Balaban J connectivity index is 2.70. The first-order valence-corrected chi connectivity index (χ1v) is 7.29. The average molecular weight is 286 g/mol. The van der Waals surface area contributed by atoms with Gasteiger partial charge in [0.2, 0.25) is 10.1 Å². The summed E-state index contributed by atoms with van der Waals surface area (Å²) >= 11 is 1.29. The number of carbonyl (C=O) groups is 1. The zero-order chi connectivity index (χ0) is 14.3. The van der Waals surface area contributed by atoms with Crippen molar-refractivity contribution in [2.24, 2.45) is 0 Å². The SMILES string of the molecule is CCCNc1nnc(C(=O)N(CCOC)C(C)C)s1. The molecule has 0 aromatic carbocycles. The van der Waals surface area contributed by atoms with Crippen molar-refractivity contribution in [2.45, 2.75) is 33.2 Å². The summed E-state index contributed by atoms with van der Waals surface area (Å²) in [6, 6.07) is 0.110. The van der Waals surface area contributed by atoms with Crippen LogP contribution >= 0.6 is 11.3 Å². The van der Waals surface area contributed by atoms with Gasteiger partial charge in [0.05, 0.1) is 6.61 Å². The number of aromatic nitrogens is 2. The molecule has 0 aliphatic rings. The Morgan fingerprint density at radius 1 is 1.47 bits per heavy atom. The molecule has 1 heterocycles. The maximum absolute atomic E-state index is 12.3. The minimum Gasteiger partial charge on any atom is -0.383 e. The van der Waals surface area contributed by atoms with Gasteiger partial charge in [-0.3, -0.25) is 4.79 Å². The Morgan fingerprint density at radius 3 is 2.79 bits per heavy atom. The van der Waals surface area contributed by atoms with E-state index in [1.54, 1.807) is 12.0 Å². The second-order valence-corrected chi connectivity index (χ2v) is 5.40. The minimum absolute atomic E-state index is 0.0888. The molecule has 0 radical (unpaired) electrons. The molecule has 108 valence electrons. The first-order chi connectivity index (χ1) is 9.10. The van der Waals surface area contributed by atoms with Crippen molar-refractivity contribution < 1.29 is 9.53 Å². The van der Waals surface area contributed by atoms with E-state index in [-0.39, 0.29) is 11.9 Å². The monoisotopic (exact) mass is 286 g/mol. The molecule has 0 fully saturated rings. The molecular weight excluding hydrogens is 264 g/mol. The molecule has 0 bridgehead atoms. The Bertz CT molecular complexity index is 395. The first-order valence-electron chi connectivity index (χ1n) is 6.47. The van der Waals surface area contributed by atoms with E-state index in [0.29, 0.717) is 23.3 Å². The molecule has 0 unspecified atom stereocenters. The lowest BCUT2D eigenvalue weighted by Gasteiger charge is -2.25. The lowest BCUT2D eigenvalue weighted by atomic mass is 10.3. The zero-order valence-electron chi connectivity index (χ0n) is 12.0. The topological polar surface area (TPSA) is 67.4 Å². The molecule has 0 atom stereocenters.